The van der Waals surface area contributed by atoms with Gasteiger partial charge in [-0.15, -0.1) is 0 Å². The summed E-state index contributed by atoms with van der Waals surface area (Å²) >= 11 is 0. The van der Waals surface area contributed by atoms with Crippen LogP contribution in [0.2, 0.25) is 0 Å². The summed E-state index contributed by atoms with van der Waals surface area (Å²) in [4.78, 5) is -0.917. The Labute approximate surface area is 121 Å². The Hall–Kier alpha value is -1.12. The minimum absolute atomic E-state index is 0.0480. The molecule has 1 saturated carbocycles. The number of aliphatic hydroxyl groups is 1. The van der Waals surface area contributed by atoms with Crippen LogP contribution in [0.5, 0.6) is 0 Å². The van der Waals surface area contributed by atoms with Crippen LogP contribution in [0.3, 0.4) is 0 Å². The van der Waals surface area contributed by atoms with Gasteiger partial charge in [0.1, 0.15) is 10.7 Å². The molecule has 0 radical (unpaired) electrons. The summed E-state index contributed by atoms with van der Waals surface area (Å²) in [5, 5.41) is 9.26. The molecule has 2 N–H and O–H groups in total. The van der Waals surface area contributed by atoms with Crippen molar-refractivity contribution in [1.82, 2.24) is 4.72 Å². The molecular formula is C13H16F3NO3S. The van der Waals surface area contributed by atoms with E-state index >= 15 is 0 Å². The van der Waals surface area contributed by atoms with E-state index in [2.05, 4.69) is 4.72 Å². The van der Waals surface area contributed by atoms with Crippen LogP contribution in [0.1, 0.15) is 26.2 Å². The van der Waals surface area contributed by atoms with Crippen LogP contribution in [0.25, 0.3) is 0 Å². The standard InChI is InChI=1S/C13H16F3NO3S/c1-2-12(7-3-8(18)4-7)17-21(19,20)13-6-10(15)9(14)5-11(13)16/h5-8,12,17-18H,2-4H2,1H3/t7?,8?,12-/m1/s1. The summed E-state index contributed by atoms with van der Waals surface area (Å²) < 4.78 is 66.1. The van der Waals surface area contributed by atoms with Crippen LogP contribution < -0.4 is 4.72 Å². The number of hydrogen-bond acceptors (Lipinski definition) is 3. The molecule has 0 bridgehead atoms. The van der Waals surface area contributed by atoms with Gasteiger partial charge in [0, 0.05) is 12.1 Å². The zero-order chi connectivity index (χ0) is 15.8. The molecule has 21 heavy (non-hydrogen) atoms. The van der Waals surface area contributed by atoms with Gasteiger partial charge in [-0.2, -0.15) is 0 Å². The van der Waals surface area contributed by atoms with Crippen LogP contribution in [-0.4, -0.2) is 25.7 Å². The lowest BCUT2D eigenvalue weighted by Crippen LogP contribution is -2.46. The molecule has 118 valence electrons. The first-order chi connectivity index (χ1) is 9.74. The topological polar surface area (TPSA) is 66.4 Å². The Bertz CT molecular complexity index is 630. The van der Waals surface area contributed by atoms with Gasteiger partial charge in [-0.3, -0.25) is 0 Å². The van der Waals surface area contributed by atoms with E-state index in [0.29, 0.717) is 25.3 Å². The summed E-state index contributed by atoms with van der Waals surface area (Å²) in [6, 6.07) is 0.0544. The van der Waals surface area contributed by atoms with Gasteiger partial charge in [0.25, 0.3) is 0 Å². The highest BCUT2D eigenvalue weighted by atomic mass is 32.2. The molecule has 1 aromatic carbocycles. The average Bonchev–Trinajstić information content (AvgIpc) is 2.36. The van der Waals surface area contributed by atoms with Crippen LogP contribution in [0.4, 0.5) is 13.2 Å². The first kappa shape index (κ1) is 16.3. The predicted octanol–water partition coefficient (Wildman–Crippen LogP) is 1.93. The lowest BCUT2D eigenvalue weighted by molar-refractivity contribution is 0.0277. The molecule has 0 saturated heterocycles. The maximum atomic E-state index is 13.6. The van der Waals surface area contributed by atoms with E-state index in [1.54, 1.807) is 6.92 Å². The van der Waals surface area contributed by atoms with Crippen molar-refractivity contribution in [2.24, 2.45) is 5.92 Å². The second-order valence-electron chi connectivity index (χ2n) is 5.22. The van der Waals surface area contributed by atoms with Gasteiger partial charge in [0.15, 0.2) is 11.6 Å². The highest BCUT2D eigenvalue weighted by molar-refractivity contribution is 7.89. The van der Waals surface area contributed by atoms with Crippen molar-refractivity contribution in [3.05, 3.63) is 29.6 Å². The summed E-state index contributed by atoms with van der Waals surface area (Å²) in [5.41, 5.74) is 0. The van der Waals surface area contributed by atoms with E-state index < -0.39 is 44.5 Å². The van der Waals surface area contributed by atoms with E-state index in [9.17, 15) is 26.7 Å². The molecule has 2 rings (SSSR count). The highest BCUT2D eigenvalue weighted by Gasteiger charge is 2.36. The Kier molecular flexibility index (Phi) is 4.60. The number of hydrogen-bond donors (Lipinski definition) is 2. The molecule has 0 spiro atoms. The molecule has 1 aliphatic rings. The number of benzene rings is 1. The van der Waals surface area contributed by atoms with Gasteiger partial charge in [0.2, 0.25) is 10.0 Å². The second-order valence-corrected chi connectivity index (χ2v) is 6.90. The average molecular weight is 323 g/mol. The van der Waals surface area contributed by atoms with E-state index in [1.807, 2.05) is 0 Å². The normalized spacial score (nSPS) is 23.7. The van der Waals surface area contributed by atoms with Crippen molar-refractivity contribution in [3.63, 3.8) is 0 Å². The molecule has 0 aromatic heterocycles. The quantitative estimate of drug-likeness (QED) is 0.814. The summed E-state index contributed by atoms with van der Waals surface area (Å²) in [6.45, 7) is 1.75. The third-order valence-corrected chi connectivity index (χ3v) is 5.23. The van der Waals surface area contributed by atoms with Gasteiger partial charge >= 0.3 is 0 Å². The van der Waals surface area contributed by atoms with Crippen molar-refractivity contribution in [1.29, 1.82) is 0 Å². The van der Waals surface area contributed by atoms with Gasteiger partial charge < -0.3 is 5.11 Å². The van der Waals surface area contributed by atoms with Crippen molar-refractivity contribution in [2.75, 3.05) is 0 Å². The Morgan fingerprint density at radius 3 is 2.33 bits per heavy atom. The van der Waals surface area contributed by atoms with Gasteiger partial charge in [-0.25, -0.2) is 26.3 Å². The number of sulfonamides is 1. The molecule has 1 atom stereocenters. The fourth-order valence-electron chi connectivity index (χ4n) is 2.44. The molecule has 0 unspecified atom stereocenters. The zero-order valence-electron chi connectivity index (χ0n) is 11.3. The Balaban J connectivity index is 2.23. The van der Waals surface area contributed by atoms with Crippen LogP contribution in [0.15, 0.2) is 17.0 Å². The first-order valence-corrected chi connectivity index (χ1v) is 8.07. The van der Waals surface area contributed by atoms with Gasteiger partial charge in [-0.1, -0.05) is 6.92 Å². The Morgan fingerprint density at radius 1 is 1.24 bits per heavy atom. The second kappa shape index (κ2) is 5.94. The van der Waals surface area contributed by atoms with E-state index in [0.717, 1.165) is 0 Å². The number of nitrogens with one attached hydrogen (secondary N) is 1. The monoisotopic (exact) mass is 323 g/mol. The van der Waals surface area contributed by atoms with E-state index in [1.165, 1.54) is 0 Å². The molecule has 4 nitrogen and oxygen atoms in total. The minimum atomic E-state index is -4.29. The van der Waals surface area contributed by atoms with Crippen molar-refractivity contribution >= 4 is 10.0 Å². The number of halogens is 3. The number of rotatable bonds is 5. The maximum Gasteiger partial charge on any atom is 0.243 e. The lowest BCUT2D eigenvalue weighted by atomic mass is 9.77. The summed E-state index contributed by atoms with van der Waals surface area (Å²) in [6.07, 6.45) is 0.915. The molecular weight excluding hydrogens is 307 g/mol. The van der Waals surface area contributed by atoms with Crippen LogP contribution in [0, 0.1) is 23.4 Å². The van der Waals surface area contributed by atoms with Crippen molar-refractivity contribution < 1.29 is 26.7 Å². The minimum Gasteiger partial charge on any atom is -0.393 e. The van der Waals surface area contributed by atoms with E-state index in [-0.39, 0.29) is 12.0 Å². The van der Waals surface area contributed by atoms with Gasteiger partial charge in [-0.05, 0) is 31.2 Å². The molecule has 1 aromatic rings. The third kappa shape index (κ3) is 3.38. The largest absolute Gasteiger partial charge is 0.393 e. The molecule has 0 heterocycles. The lowest BCUT2D eigenvalue weighted by Gasteiger charge is -2.37. The zero-order valence-corrected chi connectivity index (χ0v) is 12.1. The molecule has 0 amide bonds. The predicted molar refractivity (Wildman–Crippen MR) is 69.4 cm³/mol. The molecule has 1 fully saturated rings. The maximum absolute atomic E-state index is 13.6. The van der Waals surface area contributed by atoms with Crippen molar-refractivity contribution in [3.8, 4) is 0 Å². The number of aliphatic hydroxyl groups excluding tert-OH is 1. The molecule has 8 heteroatoms. The van der Waals surface area contributed by atoms with Crippen LogP contribution in [-0.2, 0) is 10.0 Å². The van der Waals surface area contributed by atoms with Gasteiger partial charge in [0.05, 0.1) is 6.10 Å². The fourth-order valence-corrected chi connectivity index (χ4v) is 3.90. The molecule has 1 aliphatic carbocycles. The van der Waals surface area contributed by atoms with E-state index in [4.69, 9.17) is 0 Å². The van der Waals surface area contributed by atoms with Crippen LogP contribution >= 0.6 is 0 Å². The Morgan fingerprint density at radius 2 is 1.81 bits per heavy atom. The van der Waals surface area contributed by atoms with Crippen molar-refractivity contribution in [2.45, 2.75) is 43.2 Å². The smallest absolute Gasteiger partial charge is 0.243 e. The fraction of sp³-hybridized carbons (Fsp3) is 0.538. The first-order valence-electron chi connectivity index (χ1n) is 6.59. The summed E-state index contributed by atoms with van der Waals surface area (Å²) in [5.74, 6) is -4.26. The highest BCUT2D eigenvalue weighted by Crippen LogP contribution is 2.32. The molecule has 0 aliphatic heterocycles. The SMILES string of the molecule is CC[C@@H](NS(=O)(=O)c1cc(F)c(F)cc1F)C1CC(O)C1. The third-order valence-electron chi connectivity index (χ3n) is 3.73. The summed E-state index contributed by atoms with van der Waals surface area (Å²) in [7, 11) is -4.29.